The highest BCUT2D eigenvalue weighted by atomic mass is 16.5. The lowest BCUT2D eigenvalue weighted by Crippen LogP contribution is -2.50. The second-order valence-electron chi connectivity index (χ2n) is 5.43. The van der Waals surface area contributed by atoms with E-state index in [2.05, 4.69) is 17.2 Å². The van der Waals surface area contributed by atoms with E-state index < -0.39 is 17.9 Å². The third kappa shape index (κ3) is 5.18. The van der Waals surface area contributed by atoms with Gasteiger partial charge in [0.25, 0.3) is 11.8 Å². The van der Waals surface area contributed by atoms with Crippen molar-refractivity contribution in [1.82, 2.24) is 10.8 Å². The van der Waals surface area contributed by atoms with Gasteiger partial charge >= 0.3 is 0 Å². The minimum Gasteiger partial charge on any atom is -0.339 e. The van der Waals surface area contributed by atoms with Gasteiger partial charge in [0, 0.05) is 23.2 Å². The van der Waals surface area contributed by atoms with Gasteiger partial charge in [-0.2, -0.15) is 0 Å². The van der Waals surface area contributed by atoms with E-state index in [9.17, 15) is 9.59 Å². The van der Waals surface area contributed by atoms with Gasteiger partial charge in [-0.15, -0.1) is 0 Å². The number of hydrogen-bond acceptors (Lipinski definition) is 4. The summed E-state index contributed by atoms with van der Waals surface area (Å²) in [6, 6.07) is 13.5. The Labute approximate surface area is 146 Å². The maximum Gasteiger partial charge on any atom is 0.267 e. The molecule has 6 nitrogen and oxygen atoms in total. The Hall–Kier alpha value is -3.14. The molecule has 0 aromatic heterocycles. The van der Waals surface area contributed by atoms with Crippen molar-refractivity contribution in [3.8, 4) is 11.8 Å². The zero-order valence-corrected chi connectivity index (χ0v) is 13.7. The van der Waals surface area contributed by atoms with Gasteiger partial charge in [0.15, 0.2) is 0 Å². The highest BCUT2D eigenvalue weighted by Gasteiger charge is 2.19. The maximum absolute atomic E-state index is 12.1. The molecule has 5 N–H and O–H groups in total. The third-order valence-electron chi connectivity index (χ3n) is 3.52. The van der Waals surface area contributed by atoms with Crippen LogP contribution in [0.1, 0.15) is 27.0 Å². The third-order valence-corrected chi connectivity index (χ3v) is 3.52. The molecule has 0 spiro atoms. The van der Waals surface area contributed by atoms with Gasteiger partial charge in [0.2, 0.25) is 0 Å². The fraction of sp³-hybridized carbons (Fsp3) is 0.158. The molecule has 0 aliphatic carbocycles. The van der Waals surface area contributed by atoms with Crippen LogP contribution in [0.5, 0.6) is 0 Å². The monoisotopic (exact) mass is 337 g/mol. The zero-order valence-electron chi connectivity index (χ0n) is 13.7. The SMILES string of the molecule is Cc1ccc(C#Cc2ccc(C(=O)N[C@@H](CN)C(=O)NO)cc2)cc1. The summed E-state index contributed by atoms with van der Waals surface area (Å²) in [7, 11) is 0. The van der Waals surface area contributed by atoms with Crippen LogP contribution in [0.3, 0.4) is 0 Å². The molecule has 0 bridgehead atoms. The second-order valence-corrected chi connectivity index (χ2v) is 5.43. The summed E-state index contributed by atoms with van der Waals surface area (Å²) in [5.41, 5.74) is 10.1. The molecule has 0 aliphatic heterocycles. The summed E-state index contributed by atoms with van der Waals surface area (Å²) >= 11 is 0. The van der Waals surface area contributed by atoms with Crippen molar-refractivity contribution in [2.75, 3.05) is 6.54 Å². The van der Waals surface area contributed by atoms with Gasteiger partial charge < -0.3 is 11.1 Å². The van der Waals surface area contributed by atoms with E-state index in [-0.39, 0.29) is 6.54 Å². The first kappa shape index (κ1) is 18.2. The van der Waals surface area contributed by atoms with E-state index in [4.69, 9.17) is 10.9 Å². The van der Waals surface area contributed by atoms with Crippen LogP contribution >= 0.6 is 0 Å². The molecule has 25 heavy (non-hydrogen) atoms. The average molecular weight is 337 g/mol. The molecule has 0 fully saturated rings. The second kappa shape index (κ2) is 8.64. The first-order valence-corrected chi connectivity index (χ1v) is 7.67. The lowest BCUT2D eigenvalue weighted by atomic mass is 10.1. The number of carbonyl (C=O) groups excluding carboxylic acids is 2. The van der Waals surface area contributed by atoms with E-state index in [0.717, 1.165) is 11.1 Å². The molecule has 0 unspecified atom stereocenters. The Morgan fingerprint density at radius 2 is 1.56 bits per heavy atom. The number of rotatable bonds is 4. The Morgan fingerprint density at radius 1 is 1.04 bits per heavy atom. The van der Waals surface area contributed by atoms with Gasteiger partial charge in [-0.05, 0) is 43.3 Å². The molecule has 2 rings (SSSR count). The summed E-state index contributed by atoms with van der Waals surface area (Å²) in [6.45, 7) is 1.89. The van der Waals surface area contributed by atoms with Gasteiger partial charge in [-0.25, -0.2) is 5.48 Å². The van der Waals surface area contributed by atoms with E-state index >= 15 is 0 Å². The summed E-state index contributed by atoms with van der Waals surface area (Å²) in [4.78, 5) is 23.4. The fourth-order valence-electron chi connectivity index (χ4n) is 2.04. The topological polar surface area (TPSA) is 104 Å². The summed E-state index contributed by atoms with van der Waals surface area (Å²) in [6.07, 6.45) is 0. The molecular formula is C19H19N3O3. The van der Waals surface area contributed by atoms with Crippen molar-refractivity contribution >= 4 is 11.8 Å². The van der Waals surface area contributed by atoms with Gasteiger partial charge in [0.05, 0.1) is 0 Å². The molecular weight excluding hydrogens is 318 g/mol. The van der Waals surface area contributed by atoms with Gasteiger partial charge in [0.1, 0.15) is 6.04 Å². The molecule has 0 radical (unpaired) electrons. The molecule has 128 valence electrons. The number of benzene rings is 2. The Balaban J connectivity index is 2.05. The van der Waals surface area contributed by atoms with Crippen molar-refractivity contribution in [2.24, 2.45) is 5.73 Å². The number of hydroxylamine groups is 1. The standard InChI is InChI=1S/C19H19N3O3/c1-13-2-4-14(5-3-13)6-7-15-8-10-16(11-9-15)18(23)21-17(12-20)19(24)22-25/h2-5,8-11,17,25H,12,20H2,1H3,(H,21,23)(H,22,24)/t17-/m0/s1. The number of amides is 2. The average Bonchev–Trinajstić information content (AvgIpc) is 2.65. The van der Waals surface area contributed by atoms with Crippen LogP contribution in [0.4, 0.5) is 0 Å². The van der Waals surface area contributed by atoms with Crippen molar-refractivity contribution in [3.05, 3.63) is 70.8 Å². The van der Waals surface area contributed by atoms with E-state index in [1.54, 1.807) is 24.3 Å². The fourth-order valence-corrected chi connectivity index (χ4v) is 2.04. The Bertz CT molecular complexity index is 803. The molecule has 6 heteroatoms. The number of nitrogens with two attached hydrogens (primary N) is 1. The summed E-state index contributed by atoms with van der Waals surface area (Å²) < 4.78 is 0. The Kier molecular flexibility index (Phi) is 6.29. The lowest BCUT2D eigenvalue weighted by Gasteiger charge is -2.14. The Morgan fingerprint density at radius 3 is 2.04 bits per heavy atom. The minimum atomic E-state index is -1.00. The van der Waals surface area contributed by atoms with Crippen LogP contribution in [0.15, 0.2) is 48.5 Å². The zero-order chi connectivity index (χ0) is 18.2. The number of hydrogen-bond donors (Lipinski definition) is 4. The molecule has 0 saturated heterocycles. The van der Waals surface area contributed by atoms with Crippen LogP contribution in [0.2, 0.25) is 0 Å². The largest absolute Gasteiger partial charge is 0.339 e. The highest BCUT2D eigenvalue weighted by Crippen LogP contribution is 2.05. The highest BCUT2D eigenvalue weighted by molar-refractivity contribution is 5.97. The van der Waals surface area contributed by atoms with Crippen LogP contribution in [0.25, 0.3) is 0 Å². The summed E-state index contributed by atoms with van der Waals surface area (Å²) in [5.74, 6) is 4.85. The predicted octanol–water partition coefficient (Wildman–Crippen LogP) is 0.957. The quantitative estimate of drug-likeness (QED) is 0.379. The maximum atomic E-state index is 12.1. The van der Waals surface area contributed by atoms with Crippen LogP contribution < -0.4 is 16.5 Å². The molecule has 0 heterocycles. The first-order chi connectivity index (χ1) is 12.0. The van der Waals surface area contributed by atoms with Crippen LogP contribution in [-0.2, 0) is 4.79 Å². The molecule has 0 aliphatic rings. The van der Waals surface area contributed by atoms with Gasteiger partial charge in [-0.3, -0.25) is 14.8 Å². The minimum absolute atomic E-state index is 0.127. The number of nitrogens with one attached hydrogen (secondary N) is 2. The number of carbonyl (C=O) groups is 2. The normalized spacial score (nSPS) is 11.0. The molecule has 1 atom stereocenters. The number of aryl methyl sites for hydroxylation is 1. The molecule has 2 aromatic rings. The first-order valence-electron chi connectivity index (χ1n) is 7.67. The van der Waals surface area contributed by atoms with Crippen molar-refractivity contribution < 1.29 is 14.8 Å². The molecule has 0 saturated carbocycles. The van der Waals surface area contributed by atoms with Crippen molar-refractivity contribution in [3.63, 3.8) is 0 Å². The smallest absolute Gasteiger partial charge is 0.267 e. The van der Waals surface area contributed by atoms with E-state index in [1.807, 2.05) is 31.2 Å². The molecule has 2 amide bonds. The lowest BCUT2D eigenvalue weighted by molar-refractivity contribution is -0.130. The van der Waals surface area contributed by atoms with Gasteiger partial charge in [-0.1, -0.05) is 29.5 Å². The van der Waals surface area contributed by atoms with Crippen LogP contribution in [0, 0.1) is 18.8 Å². The van der Waals surface area contributed by atoms with Crippen LogP contribution in [-0.4, -0.2) is 29.6 Å². The molecule has 2 aromatic carbocycles. The van der Waals surface area contributed by atoms with Crippen molar-refractivity contribution in [2.45, 2.75) is 13.0 Å². The summed E-state index contributed by atoms with van der Waals surface area (Å²) in [5, 5.41) is 11.0. The van der Waals surface area contributed by atoms with Crippen molar-refractivity contribution in [1.29, 1.82) is 0 Å². The van der Waals surface area contributed by atoms with E-state index in [1.165, 1.54) is 11.0 Å². The predicted molar refractivity (Wildman–Crippen MR) is 93.8 cm³/mol. The van der Waals surface area contributed by atoms with E-state index in [0.29, 0.717) is 5.56 Å².